The second kappa shape index (κ2) is 13.3. The average Bonchev–Trinajstić information content (AvgIpc) is 2.99. The van der Waals surface area contributed by atoms with Gasteiger partial charge in [-0.2, -0.15) is 0 Å². The molecule has 1 saturated carbocycles. The van der Waals surface area contributed by atoms with Crippen molar-refractivity contribution in [1.82, 2.24) is 24.6 Å². The van der Waals surface area contributed by atoms with Gasteiger partial charge in [0.2, 0.25) is 0 Å². The van der Waals surface area contributed by atoms with E-state index in [-0.39, 0.29) is 46.5 Å². The van der Waals surface area contributed by atoms with Crippen molar-refractivity contribution in [3.05, 3.63) is 53.1 Å². The van der Waals surface area contributed by atoms with Crippen LogP contribution in [0.25, 0.3) is 0 Å². The third kappa shape index (κ3) is 6.62. The molecule has 2 aromatic rings. The highest BCUT2D eigenvalue weighted by molar-refractivity contribution is 6.38. The number of aromatic nitrogens is 1. The fourth-order valence-electron chi connectivity index (χ4n) is 7.74. The molecule has 4 heterocycles. The highest BCUT2D eigenvalue weighted by Gasteiger charge is 2.55. The predicted molar refractivity (Wildman–Crippen MR) is 179 cm³/mol. The van der Waals surface area contributed by atoms with E-state index in [1.807, 2.05) is 37.9 Å². The summed E-state index contributed by atoms with van der Waals surface area (Å²) >= 11 is 0. The fourth-order valence-corrected chi connectivity index (χ4v) is 7.74. The number of amidine groups is 1. The molecule has 1 unspecified atom stereocenters. The zero-order chi connectivity index (χ0) is 33.5. The molecule has 12 heteroatoms. The molecule has 3 fully saturated rings. The summed E-state index contributed by atoms with van der Waals surface area (Å²) in [6.07, 6.45) is 5.57. The summed E-state index contributed by atoms with van der Waals surface area (Å²) in [4.78, 5) is 30.6. The molecule has 1 aromatic carbocycles. The molecule has 1 aromatic heterocycles. The van der Waals surface area contributed by atoms with Gasteiger partial charge < -0.3 is 24.2 Å². The number of nitrogens with zero attached hydrogens (tertiary/aromatic N) is 6. The SMILES string of the molecule is CCN(C(=O)c1cc(F)ccc1OC(=N)C(=NC=N)N1CC2(CC(Oc3ccnc4c3CN(C(C)C3CN(C)C3)CC4)C2)C1)C(C)C. The number of likely N-dealkylation sites (tertiary alicyclic amines) is 2. The zero-order valence-corrected chi connectivity index (χ0v) is 28.1. The van der Waals surface area contributed by atoms with Crippen molar-refractivity contribution in [2.75, 3.05) is 46.3 Å². The molecule has 1 spiro atoms. The number of aliphatic imine (C=N–C) groups is 1. The molecule has 3 aliphatic heterocycles. The molecule has 1 aliphatic carbocycles. The number of pyridine rings is 1. The lowest BCUT2D eigenvalue weighted by Crippen LogP contribution is -2.67. The average molecular weight is 647 g/mol. The maximum atomic E-state index is 14.2. The number of nitrogens with one attached hydrogen (secondary N) is 2. The van der Waals surface area contributed by atoms with Gasteiger partial charge in [-0.3, -0.25) is 25.5 Å². The van der Waals surface area contributed by atoms with E-state index in [9.17, 15) is 9.18 Å². The Morgan fingerprint density at radius 3 is 2.62 bits per heavy atom. The first-order valence-corrected chi connectivity index (χ1v) is 16.8. The molecule has 6 rings (SSSR count). The van der Waals surface area contributed by atoms with Crippen LogP contribution in [0.2, 0.25) is 0 Å². The predicted octanol–water partition coefficient (Wildman–Crippen LogP) is 4.30. The van der Waals surface area contributed by atoms with Crippen LogP contribution in [-0.2, 0) is 13.0 Å². The van der Waals surface area contributed by atoms with Crippen LogP contribution in [0.15, 0.2) is 35.5 Å². The van der Waals surface area contributed by atoms with Crippen LogP contribution in [0, 0.1) is 28.0 Å². The van der Waals surface area contributed by atoms with Crippen LogP contribution in [-0.4, -0.2) is 113 Å². The molecule has 4 aliphatic rings. The van der Waals surface area contributed by atoms with Gasteiger partial charge in [0.25, 0.3) is 11.8 Å². The van der Waals surface area contributed by atoms with Gasteiger partial charge in [-0.15, -0.1) is 0 Å². The fraction of sp³-hybridized carbons (Fsp3) is 0.571. The lowest BCUT2D eigenvalue weighted by molar-refractivity contribution is -0.0925. The van der Waals surface area contributed by atoms with Crippen molar-refractivity contribution in [2.24, 2.45) is 16.3 Å². The third-order valence-corrected chi connectivity index (χ3v) is 10.4. The molecule has 2 saturated heterocycles. The van der Waals surface area contributed by atoms with Gasteiger partial charge in [0.15, 0.2) is 5.84 Å². The number of halogens is 1. The van der Waals surface area contributed by atoms with Gasteiger partial charge in [0.05, 0.1) is 5.56 Å². The largest absolute Gasteiger partial charge is 0.490 e. The number of benzene rings is 1. The molecular formula is C35H47FN8O3. The van der Waals surface area contributed by atoms with E-state index in [0.717, 1.165) is 69.3 Å². The number of hydrogen-bond acceptors (Lipinski definition) is 8. The summed E-state index contributed by atoms with van der Waals surface area (Å²) in [5, 5.41) is 16.3. The van der Waals surface area contributed by atoms with Crippen molar-refractivity contribution >= 4 is 24.0 Å². The summed E-state index contributed by atoms with van der Waals surface area (Å²) in [7, 11) is 2.18. The second-order valence-corrected chi connectivity index (χ2v) is 14.0. The highest BCUT2D eigenvalue weighted by Crippen LogP contribution is 2.50. The van der Waals surface area contributed by atoms with E-state index < -0.39 is 5.82 Å². The van der Waals surface area contributed by atoms with Crippen LogP contribution in [0.1, 0.15) is 62.2 Å². The molecule has 2 N–H and O–H groups in total. The summed E-state index contributed by atoms with van der Waals surface area (Å²) in [6.45, 7) is 14.0. The van der Waals surface area contributed by atoms with E-state index in [1.165, 1.54) is 17.7 Å². The monoisotopic (exact) mass is 646 g/mol. The third-order valence-electron chi connectivity index (χ3n) is 10.4. The summed E-state index contributed by atoms with van der Waals surface area (Å²) < 4.78 is 26.7. The molecule has 1 amide bonds. The number of carbonyl (C=O) groups excluding carboxylic acids is 1. The van der Waals surface area contributed by atoms with E-state index in [4.69, 9.17) is 20.3 Å². The standard InChI is InChI=1S/C35H47FN8O3/c1-6-44(22(2)3)34(45)27-13-25(36)7-8-30(27)47-32(38)33(40-21-37)43-19-35(20-43)14-26(15-35)46-31-9-11-39-29-10-12-42(18-28(29)31)23(4)24-16-41(5)17-24/h7-9,11,13,21-24,26,37-38H,6,10,12,14-20H2,1-5H3. The summed E-state index contributed by atoms with van der Waals surface area (Å²) in [5.74, 6) is 0.719. The Morgan fingerprint density at radius 2 is 1.96 bits per heavy atom. The first kappa shape index (κ1) is 33.0. The van der Waals surface area contributed by atoms with Crippen molar-refractivity contribution in [3.8, 4) is 11.5 Å². The van der Waals surface area contributed by atoms with E-state index in [0.29, 0.717) is 31.6 Å². The lowest BCUT2D eigenvalue weighted by Gasteiger charge is -2.59. The van der Waals surface area contributed by atoms with Crippen LogP contribution < -0.4 is 9.47 Å². The molecule has 1 atom stereocenters. The summed E-state index contributed by atoms with van der Waals surface area (Å²) in [6, 6.07) is 6.15. The number of hydrogen-bond donors (Lipinski definition) is 2. The van der Waals surface area contributed by atoms with E-state index in [2.05, 4.69) is 33.7 Å². The van der Waals surface area contributed by atoms with Crippen LogP contribution in [0.3, 0.4) is 0 Å². The van der Waals surface area contributed by atoms with Gasteiger partial charge in [-0.1, -0.05) is 0 Å². The number of rotatable bonds is 9. The van der Waals surface area contributed by atoms with Gasteiger partial charge in [0, 0.05) is 87.2 Å². The van der Waals surface area contributed by atoms with Gasteiger partial charge in [0.1, 0.15) is 29.8 Å². The van der Waals surface area contributed by atoms with Crippen molar-refractivity contribution in [3.63, 3.8) is 0 Å². The topological polar surface area (TPSA) is 121 Å². The Morgan fingerprint density at radius 1 is 1.21 bits per heavy atom. The van der Waals surface area contributed by atoms with Gasteiger partial charge in [-0.25, -0.2) is 9.38 Å². The quantitative estimate of drug-likeness (QED) is 0.308. The van der Waals surface area contributed by atoms with Crippen LogP contribution in [0.4, 0.5) is 4.39 Å². The molecular weight excluding hydrogens is 599 g/mol. The minimum absolute atomic E-state index is 0.0464. The first-order valence-electron chi connectivity index (χ1n) is 16.8. The summed E-state index contributed by atoms with van der Waals surface area (Å²) in [5.41, 5.74) is 2.46. The number of ether oxygens (including phenoxy) is 2. The van der Waals surface area contributed by atoms with Gasteiger partial charge in [-0.05, 0) is 77.8 Å². The van der Waals surface area contributed by atoms with E-state index >= 15 is 0 Å². The normalized spacial score (nSPS) is 20.6. The molecule has 11 nitrogen and oxygen atoms in total. The van der Waals surface area contributed by atoms with Crippen LogP contribution >= 0.6 is 0 Å². The zero-order valence-electron chi connectivity index (χ0n) is 28.1. The number of fused-ring (bicyclic) bond motifs is 1. The molecule has 47 heavy (non-hydrogen) atoms. The minimum atomic E-state index is -0.562. The maximum Gasteiger partial charge on any atom is 0.257 e. The smallest absolute Gasteiger partial charge is 0.257 e. The minimum Gasteiger partial charge on any atom is -0.490 e. The Labute approximate surface area is 276 Å². The highest BCUT2D eigenvalue weighted by atomic mass is 19.1. The number of amides is 1. The Bertz CT molecular complexity index is 1540. The van der Waals surface area contributed by atoms with Crippen molar-refractivity contribution < 1.29 is 18.7 Å². The first-order chi connectivity index (χ1) is 22.5. The molecule has 0 bridgehead atoms. The molecule has 252 valence electrons. The van der Waals surface area contributed by atoms with Gasteiger partial charge >= 0.3 is 0 Å². The van der Waals surface area contributed by atoms with E-state index in [1.54, 1.807) is 4.90 Å². The lowest BCUT2D eigenvalue weighted by atomic mass is 9.61. The van der Waals surface area contributed by atoms with Crippen molar-refractivity contribution in [2.45, 2.75) is 71.7 Å². The molecule has 0 radical (unpaired) electrons. The second-order valence-electron chi connectivity index (χ2n) is 14.0. The number of carbonyl (C=O) groups is 1. The Balaban J connectivity index is 1.06. The Hall–Kier alpha value is -3.90. The Kier molecular flexibility index (Phi) is 9.35. The van der Waals surface area contributed by atoms with Crippen LogP contribution in [0.5, 0.6) is 11.5 Å². The van der Waals surface area contributed by atoms with Crippen molar-refractivity contribution in [1.29, 1.82) is 10.8 Å². The maximum absolute atomic E-state index is 14.2.